The van der Waals surface area contributed by atoms with E-state index in [1.54, 1.807) is 39.5 Å². The van der Waals surface area contributed by atoms with Gasteiger partial charge in [0, 0.05) is 24.8 Å². The van der Waals surface area contributed by atoms with Crippen LogP contribution in [0.4, 0.5) is 11.5 Å². The minimum absolute atomic E-state index is 0.0374. The van der Waals surface area contributed by atoms with E-state index in [2.05, 4.69) is 15.2 Å². The van der Waals surface area contributed by atoms with Crippen molar-refractivity contribution in [3.63, 3.8) is 0 Å². The summed E-state index contributed by atoms with van der Waals surface area (Å²) in [5.41, 5.74) is 2.25. The zero-order valence-corrected chi connectivity index (χ0v) is 17.9. The van der Waals surface area contributed by atoms with Crippen molar-refractivity contribution >= 4 is 28.4 Å². The molecule has 1 aliphatic heterocycles. The number of para-hydroxylation sites is 2. The molecule has 8 nitrogen and oxygen atoms in total. The molecule has 0 unspecified atom stereocenters. The fourth-order valence-corrected chi connectivity index (χ4v) is 3.86. The van der Waals surface area contributed by atoms with Crippen LogP contribution in [0.5, 0.6) is 17.4 Å². The molecule has 162 valence electrons. The van der Waals surface area contributed by atoms with Crippen LogP contribution in [-0.2, 0) is 4.79 Å². The number of fused-ring (bicyclic) bond motifs is 1. The van der Waals surface area contributed by atoms with E-state index < -0.39 is 0 Å². The van der Waals surface area contributed by atoms with Crippen LogP contribution in [0.25, 0.3) is 11.0 Å². The number of rotatable bonds is 6. The van der Waals surface area contributed by atoms with Crippen molar-refractivity contribution in [3.8, 4) is 17.4 Å². The quantitative estimate of drug-likeness (QED) is 0.651. The second kappa shape index (κ2) is 9.07. The molecule has 1 N–H and O–H groups in total. The van der Waals surface area contributed by atoms with E-state index in [-0.39, 0.29) is 11.8 Å². The Balaban J connectivity index is 1.52. The van der Waals surface area contributed by atoms with E-state index in [4.69, 9.17) is 19.2 Å². The molecule has 1 saturated heterocycles. The molecule has 1 atom stereocenters. The van der Waals surface area contributed by atoms with Gasteiger partial charge in [-0.1, -0.05) is 12.1 Å². The first-order valence-corrected chi connectivity index (χ1v) is 10.2. The summed E-state index contributed by atoms with van der Waals surface area (Å²) in [4.78, 5) is 24.4. The van der Waals surface area contributed by atoms with Crippen molar-refractivity contribution in [1.82, 2.24) is 9.97 Å². The molecule has 0 spiro atoms. The number of carbonyl (C=O) groups is 1. The van der Waals surface area contributed by atoms with Crippen LogP contribution in [0.3, 0.4) is 0 Å². The molecular formula is C23H26N4O4. The summed E-state index contributed by atoms with van der Waals surface area (Å²) < 4.78 is 16.1. The molecule has 0 saturated carbocycles. The fraction of sp³-hybridized carbons (Fsp3) is 0.348. The number of hydrogen-bond acceptors (Lipinski definition) is 7. The standard InChI is InChI=1S/C23H26N4O4/c1-29-19-11-10-16(13-20(19)30-2)24-22(28)15-7-6-12-27(14-15)21-23(31-3)26-18-9-5-4-8-17(18)25-21/h4-5,8-11,13,15H,6-7,12,14H2,1-3H3,(H,24,28)/t15-/m1/s1. The van der Waals surface area contributed by atoms with Crippen molar-refractivity contribution in [2.24, 2.45) is 5.92 Å². The summed E-state index contributed by atoms with van der Waals surface area (Å²) in [6.07, 6.45) is 1.68. The summed E-state index contributed by atoms with van der Waals surface area (Å²) in [6.45, 7) is 1.34. The maximum atomic E-state index is 13.0. The number of carbonyl (C=O) groups excluding carboxylic acids is 1. The Morgan fingerprint density at radius 3 is 2.45 bits per heavy atom. The number of ether oxygens (including phenoxy) is 3. The number of hydrogen-bond donors (Lipinski definition) is 1. The van der Waals surface area contributed by atoms with E-state index in [1.807, 2.05) is 24.3 Å². The molecule has 31 heavy (non-hydrogen) atoms. The highest BCUT2D eigenvalue weighted by molar-refractivity contribution is 5.93. The van der Waals surface area contributed by atoms with Gasteiger partial charge < -0.3 is 24.4 Å². The Bertz CT molecular complexity index is 1090. The molecular weight excluding hydrogens is 396 g/mol. The number of nitrogens with zero attached hydrogens (tertiary/aromatic N) is 3. The average Bonchev–Trinajstić information content (AvgIpc) is 2.83. The molecule has 0 bridgehead atoms. The topological polar surface area (TPSA) is 85.8 Å². The van der Waals surface area contributed by atoms with E-state index in [1.165, 1.54) is 0 Å². The molecule has 2 aromatic carbocycles. The summed E-state index contributed by atoms with van der Waals surface area (Å²) >= 11 is 0. The number of piperidine rings is 1. The van der Waals surface area contributed by atoms with Gasteiger partial charge in [0.15, 0.2) is 17.3 Å². The number of methoxy groups -OCH3 is 3. The van der Waals surface area contributed by atoms with Crippen molar-refractivity contribution in [1.29, 1.82) is 0 Å². The normalized spacial score (nSPS) is 16.1. The van der Waals surface area contributed by atoms with Crippen LogP contribution >= 0.6 is 0 Å². The molecule has 4 rings (SSSR count). The second-order valence-corrected chi connectivity index (χ2v) is 7.39. The minimum atomic E-state index is -0.181. The van der Waals surface area contributed by atoms with Gasteiger partial charge in [0.05, 0.1) is 38.3 Å². The number of anilines is 2. The SMILES string of the molecule is COc1ccc(NC(=O)[C@@H]2CCCN(c3nc4ccccc4nc3OC)C2)cc1OC. The Hall–Kier alpha value is -3.55. The molecule has 1 aliphatic rings. The third-order valence-electron chi connectivity index (χ3n) is 5.46. The lowest BCUT2D eigenvalue weighted by Crippen LogP contribution is -2.41. The van der Waals surface area contributed by atoms with Gasteiger partial charge in [-0.3, -0.25) is 4.79 Å². The summed E-state index contributed by atoms with van der Waals surface area (Å²) in [5.74, 6) is 2.11. The van der Waals surface area contributed by atoms with Crippen LogP contribution in [0, 0.1) is 5.92 Å². The zero-order valence-electron chi connectivity index (χ0n) is 17.9. The molecule has 2 heterocycles. The molecule has 1 fully saturated rings. The van der Waals surface area contributed by atoms with Crippen molar-refractivity contribution in [2.45, 2.75) is 12.8 Å². The maximum Gasteiger partial charge on any atom is 0.257 e. The van der Waals surface area contributed by atoms with E-state index in [0.717, 1.165) is 30.4 Å². The molecule has 8 heteroatoms. The van der Waals surface area contributed by atoms with Gasteiger partial charge in [0.1, 0.15) is 0 Å². The summed E-state index contributed by atoms with van der Waals surface area (Å²) in [5, 5.41) is 3.00. The Kier molecular flexibility index (Phi) is 6.06. The van der Waals surface area contributed by atoms with Crippen LogP contribution in [0.2, 0.25) is 0 Å². The third kappa shape index (κ3) is 4.33. The monoisotopic (exact) mass is 422 g/mol. The molecule has 1 aromatic heterocycles. The predicted octanol–water partition coefficient (Wildman–Crippen LogP) is 3.51. The highest BCUT2D eigenvalue weighted by Crippen LogP contribution is 2.32. The van der Waals surface area contributed by atoms with E-state index in [9.17, 15) is 4.79 Å². The van der Waals surface area contributed by atoms with Gasteiger partial charge in [-0.05, 0) is 37.1 Å². The Morgan fingerprint density at radius 1 is 1.00 bits per heavy atom. The highest BCUT2D eigenvalue weighted by Gasteiger charge is 2.29. The largest absolute Gasteiger partial charge is 0.493 e. The van der Waals surface area contributed by atoms with Crippen molar-refractivity contribution < 1.29 is 19.0 Å². The van der Waals surface area contributed by atoms with Crippen LogP contribution < -0.4 is 24.4 Å². The number of nitrogens with one attached hydrogen (secondary N) is 1. The average molecular weight is 422 g/mol. The van der Waals surface area contributed by atoms with Gasteiger partial charge in [0.2, 0.25) is 5.91 Å². The smallest absolute Gasteiger partial charge is 0.257 e. The number of benzene rings is 2. The Labute approximate surface area is 181 Å². The molecule has 0 aliphatic carbocycles. The van der Waals surface area contributed by atoms with Gasteiger partial charge in [0.25, 0.3) is 5.88 Å². The Morgan fingerprint density at radius 2 is 1.74 bits per heavy atom. The van der Waals surface area contributed by atoms with Crippen LogP contribution in [0.15, 0.2) is 42.5 Å². The van der Waals surface area contributed by atoms with Crippen molar-refractivity contribution in [3.05, 3.63) is 42.5 Å². The van der Waals surface area contributed by atoms with E-state index >= 15 is 0 Å². The van der Waals surface area contributed by atoms with E-state index in [0.29, 0.717) is 35.4 Å². The fourth-order valence-electron chi connectivity index (χ4n) is 3.86. The molecule has 3 aromatic rings. The predicted molar refractivity (Wildman–Crippen MR) is 119 cm³/mol. The number of amides is 1. The molecule has 0 radical (unpaired) electrons. The first kappa shape index (κ1) is 20.7. The van der Waals surface area contributed by atoms with Crippen LogP contribution in [-0.4, -0.2) is 50.3 Å². The zero-order chi connectivity index (χ0) is 21.8. The van der Waals surface area contributed by atoms with Gasteiger partial charge in [-0.25, -0.2) is 9.97 Å². The maximum absolute atomic E-state index is 13.0. The number of aromatic nitrogens is 2. The lowest BCUT2D eigenvalue weighted by atomic mass is 9.97. The minimum Gasteiger partial charge on any atom is -0.493 e. The third-order valence-corrected chi connectivity index (χ3v) is 5.46. The first-order chi connectivity index (χ1) is 15.1. The van der Waals surface area contributed by atoms with Gasteiger partial charge in [-0.15, -0.1) is 0 Å². The summed E-state index contributed by atoms with van der Waals surface area (Å²) in [7, 11) is 4.74. The second-order valence-electron chi connectivity index (χ2n) is 7.39. The van der Waals surface area contributed by atoms with Gasteiger partial charge in [-0.2, -0.15) is 0 Å². The highest BCUT2D eigenvalue weighted by atomic mass is 16.5. The summed E-state index contributed by atoms with van der Waals surface area (Å²) in [6, 6.07) is 13.0. The first-order valence-electron chi connectivity index (χ1n) is 10.2. The lowest BCUT2D eigenvalue weighted by Gasteiger charge is -2.33. The van der Waals surface area contributed by atoms with Gasteiger partial charge >= 0.3 is 0 Å². The molecule has 1 amide bonds. The van der Waals surface area contributed by atoms with Crippen molar-refractivity contribution in [2.75, 3.05) is 44.6 Å². The lowest BCUT2D eigenvalue weighted by molar-refractivity contribution is -0.120. The van der Waals surface area contributed by atoms with Crippen LogP contribution in [0.1, 0.15) is 12.8 Å².